The summed E-state index contributed by atoms with van der Waals surface area (Å²) in [6.45, 7) is 3.99. The van der Waals surface area contributed by atoms with Gasteiger partial charge in [0.05, 0.1) is 11.9 Å². The molecule has 0 bridgehead atoms. The van der Waals surface area contributed by atoms with Gasteiger partial charge in [0.2, 0.25) is 0 Å². The van der Waals surface area contributed by atoms with Crippen molar-refractivity contribution in [3.63, 3.8) is 0 Å². The molecule has 7 heteroatoms. The van der Waals surface area contributed by atoms with Gasteiger partial charge in [-0.3, -0.25) is 4.79 Å². The summed E-state index contributed by atoms with van der Waals surface area (Å²) in [4.78, 5) is 13.8. The zero-order valence-electron chi connectivity index (χ0n) is 12.3. The van der Waals surface area contributed by atoms with Crippen molar-refractivity contribution in [3.8, 4) is 5.69 Å². The van der Waals surface area contributed by atoms with Crippen molar-refractivity contribution in [3.05, 3.63) is 40.6 Å². The quantitative estimate of drug-likeness (QED) is 0.871. The Morgan fingerprint density at radius 1 is 1.41 bits per heavy atom. The van der Waals surface area contributed by atoms with Crippen molar-refractivity contribution in [2.75, 3.05) is 13.1 Å². The molecule has 3 rings (SSSR count). The number of carbonyl (C=O) groups is 1. The average Bonchev–Trinajstić information content (AvgIpc) is 3.00. The minimum Gasteiger partial charge on any atom is -0.347 e. The van der Waals surface area contributed by atoms with E-state index in [9.17, 15) is 4.79 Å². The standard InChI is InChI=1S/C15H18BrN5O/c1-10-8-17-7-6-13(10)19-15(22)14-9-18-21(20-14)12-4-2-11(16)3-5-12/h2-5,9-10,13,17H,6-8H2,1H3,(H,19,22). The molecule has 1 aliphatic heterocycles. The van der Waals surface area contributed by atoms with Crippen LogP contribution in [0.5, 0.6) is 0 Å². The Bertz CT molecular complexity index is 654. The van der Waals surface area contributed by atoms with Gasteiger partial charge in [-0.05, 0) is 49.7 Å². The van der Waals surface area contributed by atoms with Crippen LogP contribution in [0.1, 0.15) is 23.8 Å². The summed E-state index contributed by atoms with van der Waals surface area (Å²) < 4.78 is 0.987. The SMILES string of the molecule is CC1CNCCC1NC(=O)c1cnn(-c2ccc(Br)cc2)n1. The van der Waals surface area contributed by atoms with Crippen molar-refractivity contribution < 1.29 is 4.79 Å². The fourth-order valence-electron chi connectivity index (χ4n) is 2.54. The van der Waals surface area contributed by atoms with Crippen molar-refractivity contribution in [2.45, 2.75) is 19.4 Å². The summed E-state index contributed by atoms with van der Waals surface area (Å²) >= 11 is 3.39. The van der Waals surface area contributed by atoms with Crippen LogP contribution in [0, 0.1) is 5.92 Å². The van der Waals surface area contributed by atoms with E-state index in [2.05, 4.69) is 43.7 Å². The lowest BCUT2D eigenvalue weighted by molar-refractivity contribution is 0.0908. The van der Waals surface area contributed by atoms with Gasteiger partial charge in [0.15, 0.2) is 5.69 Å². The molecule has 22 heavy (non-hydrogen) atoms. The third-order valence-electron chi connectivity index (χ3n) is 3.88. The first kappa shape index (κ1) is 15.2. The van der Waals surface area contributed by atoms with Gasteiger partial charge < -0.3 is 10.6 Å². The molecule has 0 radical (unpaired) electrons. The molecular formula is C15H18BrN5O. The van der Waals surface area contributed by atoms with Gasteiger partial charge in [-0.2, -0.15) is 9.90 Å². The molecule has 2 aromatic rings. The minimum atomic E-state index is -0.165. The van der Waals surface area contributed by atoms with Gasteiger partial charge in [-0.1, -0.05) is 22.9 Å². The minimum absolute atomic E-state index is 0.165. The Hall–Kier alpha value is -1.73. The maximum absolute atomic E-state index is 12.3. The highest BCUT2D eigenvalue weighted by molar-refractivity contribution is 9.10. The van der Waals surface area contributed by atoms with E-state index in [1.165, 1.54) is 11.0 Å². The molecule has 6 nitrogen and oxygen atoms in total. The predicted octanol–water partition coefficient (Wildman–Crippen LogP) is 1.76. The van der Waals surface area contributed by atoms with Crippen molar-refractivity contribution in [1.82, 2.24) is 25.6 Å². The zero-order valence-corrected chi connectivity index (χ0v) is 13.9. The number of halogens is 1. The second-order valence-corrected chi connectivity index (χ2v) is 6.46. The lowest BCUT2D eigenvalue weighted by atomic mass is 9.95. The monoisotopic (exact) mass is 363 g/mol. The largest absolute Gasteiger partial charge is 0.347 e. The predicted molar refractivity (Wildman–Crippen MR) is 87.0 cm³/mol. The summed E-state index contributed by atoms with van der Waals surface area (Å²) in [6, 6.07) is 7.79. The molecule has 2 atom stereocenters. The number of nitrogens with one attached hydrogen (secondary N) is 2. The third-order valence-corrected chi connectivity index (χ3v) is 4.41. The number of rotatable bonds is 3. The molecular weight excluding hydrogens is 346 g/mol. The molecule has 0 saturated carbocycles. The van der Waals surface area contributed by atoms with Crippen LogP contribution in [0.15, 0.2) is 34.9 Å². The molecule has 2 unspecified atom stereocenters. The third kappa shape index (κ3) is 3.36. The molecule has 1 saturated heterocycles. The topological polar surface area (TPSA) is 71.8 Å². The van der Waals surface area contributed by atoms with Crippen molar-refractivity contribution in [2.24, 2.45) is 5.92 Å². The molecule has 2 N–H and O–H groups in total. The molecule has 1 aromatic heterocycles. The highest BCUT2D eigenvalue weighted by Crippen LogP contribution is 2.13. The van der Waals surface area contributed by atoms with Crippen molar-refractivity contribution in [1.29, 1.82) is 0 Å². The first-order valence-electron chi connectivity index (χ1n) is 7.33. The van der Waals surface area contributed by atoms with E-state index < -0.39 is 0 Å². The Balaban J connectivity index is 1.70. The molecule has 1 amide bonds. The van der Waals surface area contributed by atoms with Crippen LogP contribution < -0.4 is 10.6 Å². The van der Waals surface area contributed by atoms with Gasteiger partial charge >= 0.3 is 0 Å². The molecule has 116 valence electrons. The fourth-order valence-corrected chi connectivity index (χ4v) is 2.80. The van der Waals surface area contributed by atoms with E-state index in [1.54, 1.807) is 0 Å². The van der Waals surface area contributed by atoms with Crippen LogP contribution in [0.2, 0.25) is 0 Å². The average molecular weight is 364 g/mol. The summed E-state index contributed by atoms with van der Waals surface area (Å²) in [5.74, 6) is 0.251. The van der Waals surface area contributed by atoms with Gasteiger partial charge in [0.1, 0.15) is 0 Å². The Morgan fingerprint density at radius 3 is 2.91 bits per heavy atom. The maximum atomic E-state index is 12.3. The van der Waals surface area contributed by atoms with E-state index in [-0.39, 0.29) is 11.9 Å². The number of hydrogen-bond donors (Lipinski definition) is 2. The number of hydrogen-bond acceptors (Lipinski definition) is 4. The van der Waals surface area contributed by atoms with Crippen LogP contribution >= 0.6 is 15.9 Å². The normalized spacial score (nSPS) is 21.5. The van der Waals surface area contributed by atoms with Crippen LogP contribution in [0.25, 0.3) is 5.69 Å². The van der Waals surface area contributed by atoms with Gasteiger partial charge in [0.25, 0.3) is 5.91 Å². The highest BCUT2D eigenvalue weighted by Gasteiger charge is 2.24. The summed E-state index contributed by atoms with van der Waals surface area (Å²) in [5, 5.41) is 14.8. The van der Waals surface area contributed by atoms with Gasteiger partial charge in [-0.25, -0.2) is 0 Å². The Kier molecular flexibility index (Phi) is 4.54. The van der Waals surface area contributed by atoms with Crippen LogP contribution in [-0.4, -0.2) is 40.0 Å². The number of carbonyl (C=O) groups excluding carboxylic acids is 1. The number of amides is 1. The molecule has 1 aromatic carbocycles. The molecule has 0 aliphatic carbocycles. The number of piperidine rings is 1. The van der Waals surface area contributed by atoms with Crippen LogP contribution in [-0.2, 0) is 0 Å². The molecule has 1 aliphatic rings. The summed E-state index contributed by atoms with van der Waals surface area (Å²) in [7, 11) is 0. The Morgan fingerprint density at radius 2 is 2.18 bits per heavy atom. The van der Waals surface area contributed by atoms with Gasteiger partial charge in [-0.15, -0.1) is 5.10 Å². The lowest BCUT2D eigenvalue weighted by Crippen LogP contribution is -2.48. The fraction of sp³-hybridized carbons (Fsp3) is 0.400. The summed E-state index contributed by atoms with van der Waals surface area (Å²) in [6.07, 6.45) is 2.44. The lowest BCUT2D eigenvalue weighted by Gasteiger charge is -2.29. The van der Waals surface area contributed by atoms with Gasteiger partial charge in [0, 0.05) is 10.5 Å². The van der Waals surface area contributed by atoms with E-state index in [4.69, 9.17) is 0 Å². The first-order chi connectivity index (χ1) is 10.6. The van der Waals surface area contributed by atoms with E-state index in [0.29, 0.717) is 11.6 Å². The van der Waals surface area contributed by atoms with Crippen LogP contribution in [0.3, 0.4) is 0 Å². The zero-order chi connectivity index (χ0) is 15.5. The molecule has 0 spiro atoms. The smallest absolute Gasteiger partial charge is 0.273 e. The maximum Gasteiger partial charge on any atom is 0.273 e. The number of aromatic nitrogens is 3. The highest BCUT2D eigenvalue weighted by atomic mass is 79.9. The molecule has 1 fully saturated rings. The van der Waals surface area contributed by atoms with E-state index in [1.807, 2.05) is 24.3 Å². The first-order valence-corrected chi connectivity index (χ1v) is 8.12. The Labute approximate surface area is 137 Å². The second kappa shape index (κ2) is 6.58. The second-order valence-electron chi connectivity index (χ2n) is 5.55. The number of nitrogens with zero attached hydrogens (tertiary/aromatic N) is 3. The van der Waals surface area contributed by atoms with Crippen molar-refractivity contribution >= 4 is 21.8 Å². The van der Waals surface area contributed by atoms with E-state index in [0.717, 1.165) is 29.7 Å². The summed E-state index contributed by atoms with van der Waals surface area (Å²) in [5.41, 5.74) is 1.16. The van der Waals surface area contributed by atoms with E-state index >= 15 is 0 Å². The number of benzene rings is 1. The van der Waals surface area contributed by atoms with Crippen LogP contribution in [0.4, 0.5) is 0 Å². The molecule has 2 heterocycles.